The van der Waals surface area contributed by atoms with Gasteiger partial charge in [0.25, 0.3) is 0 Å². The number of aromatic hydroxyl groups is 1. The van der Waals surface area contributed by atoms with Crippen LogP contribution in [0, 0.1) is 0 Å². The molecule has 3 heterocycles. The van der Waals surface area contributed by atoms with E-state index < -0.39 is 17.7 Å². The Hall–Kier alpha value is -3.08. The number of carbonyl (C=O) groups is 2. The van der Waals surface area contributed by atoms with Gasteiger partial charge in [-0.15, -0.1) is 5.10 Å². The van der Waals surface area contributed by atoms with Gasteiger partial charge in [-0.3, -0.25) is 0 Å². The van der Waals surface area contributed by atoms with E-state index in [0.29, 0.717) is 37.5 Å². The molecule has 0 radical (unpaired) electrons. The van der Waals surface area contributed by atoms with E-state index in [9.17, 15) is 19.8 Å². The fourth-order valence-electron chi connectivity index (χ4n) is 3.74. The Bertz CT molecular complexity index is 969. The third-order valence-electron chi connectivity index (χ3n) is 5.08. The van der Waals surface area contributed by atoms with Crippen molar-refractivity contribution in [3.05, 3.63) is 18.0 Å². The number of amides is 1. The minimum Gasteiger partial charge on any atom is -0.492 e. The Balaban J connectivity index is 2.01. The van der Waals surface area contributed by atoms with E-state index in [1.54, 1.807) is 12.0 Å². The van der Waals surface area contributed by atoms with E-state index in [0.717, 1.165) is 0 Å². The summed E-state index contributed by atoms with van der Waals surface area (Å²) >= 11 is 0. The molecule has 31 heavy (non-hydrogen) atoms. The number of piperazine rings is 1. The molecule has 0 saturated carbocycles. The van der Waals surface area contributed by atoms with Crippen molar-refractivity contribution in [1.29, 1.82) is 0 Å². The normalized spacial score (nSPS) is 19.6. The molecule has 0 aliphatic carbocycles. The van der Waals surface area contributed by atoms with Gasteiger partial charge in [-0.2, -0.15) is 0 Å². The number of hydrogen-bond acceptors (Lipinski definition) is 8. The maximum absolute atomic E-state index is 12.8. The lowest BCUT2D eigenvalue weighted by molar-refractivity contribution is 0.00643. The lowest BCUT2D eigenvalue weighted by Gasteiger charge is -2.47. The van der Waals surface area contributed by atoms with E-state index in [2.05, 4.69) is 10.1 Å². The van der Waals surface area contributed by atoms with Crippen LogP contribution in [0.25, 0.3) is 5.65 Å². The molecule has 11 heteroatoms. The van der Waals surface area contributed by atoms with E-state index >= 15 is 0 Å². The molecule has 170 valence electrons. The summed E-state index contributed by atoms with van der Waals surface area (Å²) in [5.74, 6) is -1.46. The summed E-state index contributed by atoms with van der Waals surface area (Å²) in [7, 11) is 1.57. The molecule has 1 aliphatic heterocycles. The standard InChI is InChI=1S/C20H29N5O6/c1-6-12-8-23(13(11-30-5)9-24(12)19(29)31-20(2,3)4)15-7-16(26)22-25-10-14(18(27)28)21-17(15)25/h7,10,12-13H,6,8-9,11H2,1-5H3,(H,22,26)(H,27,28)/t12-,13-/m1/s1. The Morgan fingerprint density at radius 2 is 1.97 bits per heavy atom. The molecular weight excluding hydrogens is 406 g/mol. The number of hydrogen-bond donors (Lipinski definition) is 2. The van der Waals surface area contributed by atoms with Crippen molar-refractivity contribution in [1.82, 2.24) is 19.5 Å². The molecular formula is C20H29N5O6. The molecule has 0 unspecified atom stereocenters. The first kappa shape index (κ1) is 22.6. The van der Waals surface area contributed by atoms with Crippen LogP contribution in [-0.2, 0) is 9.47 Å². The van der Waals surface area contributed by atoms with Gasteiger partial charge in [-0.1, -0.05) is 6.92 Å². The summed E-state index contributed by atoms with van der Waals surface area (Å²) in [5.41, 5.74) is 0.0263. The van der Waals surface area contributed by atoms with Crippen LogP contribution in [0.1, 0.15) is 44.6 Å². The van der Waals surface area contributed by atoms with Crippen molar-refractivity contribution in [2.45, 2.75) is 51.8 Å². The number of imidazole rings is 1. The molecule has 2 aromatic heterocycles. The van der Waals surface area contributed by atoms with Crippen molar-refractivity contribution < 1.29 is 29.3 Å². The van der Waals surface area contributed by atoms with E-state index in [-0.39, 0.29) is 23.7 Å². The predicted molar refractivity (Wildman–Crippen MR) is 112 cm³/mol. The molecule has 2 atom stereocenters. The van der Waals surface area contributed by atoms with Gasteiger partial charge in [0.2, 0.25) is 5.88 Å². The predicted octanol–water partition coefficient (Wildman–Crippen LogP) is 1.98. The minimum absolute atomic E-state index is 0.160. The summed E-state index contributed by atoms with van der Waals surface area (Å²) in [6.07, 6.45) is 1.54. The minimum atomic E-state index is -1.19. The summed E-state index contributed by atoms with van der Waals surface area (Å²) < 4.78 is 12.2. The number of carbonyl (C=O) groups excluding carboxylic acids is 1. The highest BCUT2D eigenvalue weighted by Crippen LogP contribution is 2.31. The smallest absolute Gasteiger partial charge is 0.410 e. The number of carboxylic acid groups (broad SMARTS) is 1. The molecule has 1 saturated heterocycles. The molecule has 3 rings (SSSR count). The highest BCUT2D eigenvalue weighted by atomic mass is 16.6. The average molecular weight is 435 g/mol. The largest absolute Gasteiger partial charge is 0.492 e. The van der Waals surface area contributed by atoms with Gasteiger partial charge in [0.05, 0.1) is 30.6 Å². The van der Waals surface area contributed by atoms with Crippen LogP contribution in [0.4, 0.5) is 10.5 Å². The van der Waals surface area contributed by atoms with Crippen LogP contribution >= 0.6 is 0 Å². The summed E-state index contributed by atoms with van der Waals surface area (Å²) in [6, 6.07) is 1.02. The van der Waals surface area contributed by atoms with Gasteiger partial charge in [0, 0.05) is 26.3 Å². The van der Waals surface area contributed by atoms with Crippen molar-refractivity contribution >= 4 is 23.4 Å². The summed E-state index contributed by atoms with van der Waals surface area (Å²) in [5, 5.41) is 23.4. The van der Waals surface area contributed by atoms with Crippen molar-refractivity contribution in [3.8, 4) is 5.88 Å². The van der Waals surface area contributed by atoms with E-state index in [1.807, 2.05) is 32.6 Å². The van der Waals surface area contributed by atoms with E-state index in [4.69, 9.17) is 9.47 Å². The second-order valence-electron chi connectivity index (χ2n) is 8.54. The Labute approximate surface area is 180 Å². The second kappa shape index (κ2) is 8.58. The molecule has 1 fully saturated rings. The fourth-order valence-corrected chi connectivity index (χ4v) is 3.74. The third-order valence-corrected chi connectivity index (χ3v) is 5.08. The molecule has 0 aromatic carbocycles. The number of ether oxygens (including phenoxy) is 2. The number of nitrogens with zero attached hydrogens (tertiary/aromatic N) is 5. The summed E-state index contributed by atoms with van der Waals surface area (Å²) in [4.78, 5) is 32.1. The number of aromatic nitrogens is 3. The zero-order valence-electron chi connectivity index (χ0n) is 18.4. The summed E-state index contributed by atoms with van der Waals surface area (Å²) in [6.45, 7) is 8.52. The SMILES string of the molecule is CC[C@@H]1CN(c2cc(O)nn3cc(C(=O)O)nc23)[C@@H](COC)CN1C(=O)OC(C)(C)C. The van der Waals surface area contributed by atoms with Crippen LogP contribution in [0.2, 0.25) is 0 Å². The van der Waals surface area contributed by atoms with Crippen LogP contribution in [0.15, 0.2) is 12.3 Å². The second-order valence-corrected chi connectivity index (χ2v) is 8.54. The third kappa shape index (κ3) is 4.82. The zero-order chi connectivity index (χ0) is 22.9. The van der Waals surface area contributed by atoms with Gasteiger partial charge in [-0.05, 0) is 27.2 Å². The first-order chi connectivity index (χ1) is 14.5. The number of methoxy groups -OCH3 is 1. The lowest BCUT2D eigenvalue weighted by Crippen LogP contribution is -2.61. The quantitative estimate of drug-likeness (QED) is 0.724. The van der Waals surface area contributed by atoms with E-state index in [1.165, 1.54) is 16.8 Å². The number of carboxylic acids is 1. The van der Waals surface area contributed by atoms with Gasteiger partial charge in [0.1, 0.15) is 5.60 Å². The monoisotopic (exact) mass is 435 g/mol. The number of anilines is 1. The number of fused-ring (bicyclic) bond motifs is 1. The lowest BCUT2D eigenvalue weighted by atomic mass is 10.0. The first-order valence-electron chi connectivity index (χ1n) is 10.1. The molecule has 0 bridgehead atoms. The molecule has 11 nitrogen and oxygen atoms in total. The van der Waals surface area contributed by atoms with Crippen molar-refractivity contribution in [2.24, 2.45) is 0 Å². The highest BCUT2D eigenvalue weighted by molar-refractivity contribution is 5.87. The van der Waals surface area contributed by atoms with Gasteiger partial charge >= 0.3 is 12.1 Å². The molecule has 1 amide bonds. The maximum Gasteiger partial charge on any atom is 0.410 e. The van der Waals surface area contributed by atoms with Crippen LogP contribution in [-0.4, -0.2) is 86.3 Å². The number of aromatic carboxylic acids is 1. The molecule has 2 aromatic rings. The average Bonchev–Trinajstić information content (AvgIpc) is 3.10. The topological polar surface area (TPSA) is 130 Å². The van der Waals surface area contributed by atoms with Crippen molar-refractivity contribution in [2.75, 3.05) is 31.7 Å². The number of rotatable bonds is 5. The van der Waals surface area contributed by atoms with Gasteiger partial charge in [0.15, 0.2) is 11.3 Å². The van der Waals surface area contributed by atoms with Crippen LogP contribution in [0.3, 0.4) is 0 Å². The Morgan fingerprint density at radius 1 is 1.26 bits per heavy atom. The van der Waals surface area contributed by atoms with Crippen LogP contribution in [0.5, 0.6) is 5.88 Å². The highest BCUT2D eigenvalue weighted by Gasteiger charge is 2.38. The fraction of sp³-hybridized carbons (Fsp3) is 0.600. The molecule has 0 spiro atoms. The Kier molecular flexibility index (Phi) is 6.25. The van der Waals surface area contributed by atoms with Crippen LogP contribution < -0.4 is 4.90 Å². The maximum atomic E-state index is 12.8. The Morgan fingerprint density at radius 3 is 2.55 bits per heavy atom. The molecule has 1 aliphatic rings. The molecule has 2 N–H and O–H groups in total. The zero-order valence-corrected chi connectivity index (χ0v) is 18.4. The first-order valence-corrected chi connectivity index (χ1v) is 10.1. The van der Waals surface area contributed by atoms with Gasteiger partial charge < -0.3 is 29.5 Å². The van der Waals surface area contributed by atoms with Gasteiger partial charge in [-0.25, -0.2) is 19.1 Å². The van der Waals surface area contributed by atoms with Crippen molar-refractivity contribution in [3.63, 3.8) is 0 Å².